The number of hydrogen-bond acceptors (Lipinski definition) is 19. The SMILES string of the molecule is C=CC(=O)Cl.C=CC(=O)N1CCN(c2nc(OCCCN3CCOCC3)nc3c2CCN(c2c(C)ccc4[nH]ccc24)C3)CC1.CCN(CC)CC.Cc1ccc2c(ccn2[Si](C(C)C)(C(C)C)C(C)C)c1N1CCc2c(nc(OCCCN3CCOCC3)nc2N2CCN(C(=O)OCc3ccccc3)CC2)C1.ClCCl. The molecule has 4 aromatic heterocycles. The highest BCUT2D eigenvalue weighted by molar-refractivity contribution is 6.82. The van der Waals surface area contributed by atoms with Gasteiger partial charge in [-0.15, -0.1) is 23.2 Å². The molecule has 7 aromatic rings. The summed E-state index contributed by atoms with van der Waals surface area (Å²) in [5, 5.41) is 2.25. The number of aromatic nitrogens is 6. The van der Waals surface area contributed by atoms with Crippen LogP contribution < -0.4 is 29.1 Å². The fourth-order valence-electron chi connectivity index (χ4n) is 16.8. The van der Waals surface area contributed by atoms with E-state index in [-0.39, 0.29) is 23.9 Å². The van der Waals surface area contributed by atoms with Crippen LogP contribution in [0.3, 0.4) is 0 Å². The minimum atomic E-state index is -1.94. The van der Waals surface area contributed by atoms with Gasteiger partial charge in [0.1, 0.15) is 18.2 Å². The Balaban J connectivity index is 0.000000223. The number of nitrogens with zero attached hydrogens (tertiary/aromatic N) is 14. The van der Waals surface area contributed by atoms with E-state index in [0.29, 0.717) is 94.2 Å². The van der Waals surface area contributed by atoms with Gasteiger partial charge in [0.15, 0.2) is 8.24 Å². The number of benzene rings is 3. The molecule has 0 radical (unpaired) electrons. The van der Waals surface area contributed by atoms with Gasteiger partial charge in [-0.05, 0) is 147 Å². The summed E-state index contributed by atoms with van der Waals surface area (Å²) < 4.78 is 31.9. The molecule has 3 aromatic carbocycles. The molecule has 2 amide bonds. The van der Waals surface area contributed by atoms with Gasteiger partial charge in [-0.1, -0.05) is 118 Å². The molecule has 0 spiro atoms. The number of amides is 2. The first kappa shape index (κ1) is 87.4. The van der Waals surface area contributed by atoms with E-state index < -0.39 is 13.5 Å². The molecule has 0 aliphatic carbocycles. The monoisotopic (exact) mass is 1600 g/mol. The topological polar surface area (TPSA) is 199 Å². The quantitative estimate of drug-likeness (QED) is 0.0186. The number of nitrogens with one attached hydrogen (secondary N) is 1. The Morgan fingerprint density at radius 1 is 0.586 bits per heavy atom. The molecule has 0 unspecified atom stereocenters. The van der Waals surface area contributed by atoms with Gasteiger partial charge in [-0.25, -0.2) is 4.79 Å². The smallest absolute Gasteiger partial charge is 0.410 e. The second-order valence-corrected chi connectivity index (χ2v) is 36.7. The molecular formula is C84H122Cl3N15O8Si. The lowest BCUT2D eigenvalue weighted by Crippen LogP contribution is -2.51. The van der Waals surface area contributed by atoms with E-state index in [9.17, 15) is 14.4 Å². The van der Waals surface area contributed by atoms with Gasteiger partial charge >= 0.3 is 18.1 Å². The molecule has 0 bridgehead atoms. The van der Waals surface area contributed by atoms with Gasteiger partial charge in [0.2, 0.25) is 11.1 Å². The number of H-pyrrole nitrogens is 1. The molecule has 4 fully saturated rings. The summed E-state index contributed by atoms with van der Waals surface area (Å²) in [7, 11) is -1.94. The normalized spacial score (nSPS) is 16.2. The Kier molecular flexibility index (Phi) is 34.4. The predicted molar refractivity (Wildman–Crippen MR) is 455 cm³/mol. The molecule has 10 heterocycles. The Labute approximate surface area is 675 Å². The molecule has 6 aliphatic rings. The maximum atomic E-state index is 13.0. The zero-order valence-electron chi connectivity index (χ0n) is 67.8. The third kappa shape index (κ3) is 22.9. The van der Waals surface area contributed by atoms with Crippen molar-refractivity contribution in [3.8, 4) is 12.0 Å². The van der Waals surface area contributed by atoms with E-state index in [1.54, 1.807) is 0 Å². The van der Waals surface area contributed by atoms with Gasteiger partial charge in [-0.3, -0.25) is 19.4 Å². The summed E-state index contributed by atoms with van der Waals surface area (Å²) in [5.41, 5.74) is 14.8. The number of hydrogen-bond donors (Lipinski definition) is 1. The maximum Gasteiger partial charge on any atom is 0.410 e. The van der Waals surface area contributed by atoms with Crippen molar-refractivity contribution in [1.82, 2.24) is 53.7 Å². The summed E-state index contributed by atoms with van der Waals surface area (Å²) in [6.45, 7) is 54.7. The fourth-order valence-corrected chi connectivity index (χ4v) is 23.4. The molecule has 111 heavy (non-hydrogen) atoms. The second-order valence-electron chi connectivity index (χ2n) is 29.8. The molecular weight excluding hydrogens is 1480 g/mol. The molecule has 0 saturated carbocycles. The van der Waals surface area contributed by atoms with E-state index in [4.69, 9.17) is 78.4 Å². The number of ether oxygens (including phenoxy) is 5. The van der Waals surface area contributed by atoms with Crippen LogP contribution in [0.2, 0.25) is 16.6 Å². The van der Waals surface area contributed by atoms with Gasteiger partial charge in [-0.2, -0.15) is 19.9 Å². The highest BCUT2D eigenvalue weighted by atomic mass is 35.5. The third-order valence-electron chi connectivity index (χ3n) is 22.3. The van der Waals surface area contributed by atoms with Crippen LogP contribution in [0.5, 0.6) is 12.0 Å². The number of morpholine rings is 2. The van der Waals surface area contributed by atoms with Crippen LogP contribution in [0.1, 0.15) is 114 Å². The van der Waals surface area contributed by atoms with E-state index in [1.807, 2.05) is 46.3 Å². The van der Waals surface area contributed by atoms with E-state index in [1.165, 1.54) is 75.6 Å². The summed E-state index contributed by atoms with van der Waals surface area (Å²) in [6, 6.07) is 24.3. The number of carbonyl (C=O) groups is 3. The standard InChI is InChI=1S/C44H63N7O4Si.C30H39N7O3.C6H15N.C3H3ClO.CH2Cl2/c1-32(2)56(33(3)4,34(5)6)51-20-17-38-40(51)15-14-35(7)41(38)50-19-16-37-39(30-50)45-43(54-27-11-18-47-25-28-53-29-26-47)46-42(37)48-21-23-49(24-22-48)44(52)55-31-36-12-9-8-10-13-36;1-3-27(38)35-12-14-36(15-13-35)29-24-8-11-37(28-22(2)5-6-25-23(28)7-9-31-25)21-26(24)32-30(33-29)40-18-4-10-34-16-19-39-20-17-34;1-4-7(5-2)6-3;1-2-3(4)5;2-1-3/h8-10,12-15,17,20,32-34H,11,16,18-19,21-31H2,1-7H3;3,5-7,9,31H,1,4,8,10-21H2,2H3;4-6H2,1-3H3;2H,1H2;1H2. The van der Waals surface area contributed by atoms with E-state index in [2.05, 4.69) is 175 Å². The zero-order valence-corrected chi connectivity index (χ0v) is 71.1. The lowest BCUT2D eigenvalue weighted by atomic mass is 10.0. The van der Waals surface area contributed by atoms with Gasteiger partial charge < -0.3 is 67.2 Å². The number of aromatic amines is 1. The summed E-state index contributed by atoms with van der Waals surface area (Å²) in [6.07, 6.45) is 10.1. The highest BCUT2D eigenvalue weighted by Crippen LogP contribution is 2.46. The van der Waals surface area contributed by atoms with Gasteiger partial charge in [0.25, 0.3) is 0 Å². The summed E-state index contributed by atoms with van der Waals surface area (Å²) >= 11 is 14.2. The second kappa shape index (κ2) is 43.7. The number of piperazine rings is 2. The largest absolute Gasteiger partial charge is 0.463 e. The first-order valence-electron chi connectivity index (χ1n) is 40.1. The molecule has 6 aliphatic heterocycles. The molecule has 23 nitrogen and oxygen atoms in total. The zero-order chi connectivity index (χ0) is 79.6. The van der Waals surface area contributed by atoms with E-state index >= 15 is 0 Å². The van der Waals surface area contributed by atoms with Crippen LogP contribution in [0.25, 0.3) is 21.8 Å². The van der Waals surface area contributed by atoms with Crippen molar-refractivity contribution in [2.24, 2.45) is 0 Å². The number of fused-ring (bicyclic) bond motifs is 4. The van der Waals surface area contributed by atoms with Crippen molar-refractivity contribution < 1.29 is 38.1 Å². The molecule has 1 N–H and O–H groups in total. The number of rotatable bonds is 25. The molecule has 13 rings (SSSR count). The van der Waals surface area contributed by atoms with Crippen molar-refractivity contribution in [2.75, 3.05) is 189 Å². The van der Waals surface area contributed by atoms with Crippen molar-refractivity contribution in [2.45, 2.75) is 138 Å². The van der Waals surface area contributed by atoms with Crippen LogP contribution in [0.4, 0.5) is 27.8 Å². The number of anilines is 4. The number of allylic oxidation sites excluding steroid dienone is 1. The van der Waals surface area contributed by atoms with Crippen molar-refractivity contribution in [3.05, 3.63) is 144 Å². The Bertz CT molecular complexity index is 4070. The molecule has 27 heteroatoms. The summed E-state index contributed by atoms with van der Waals surface area (Å²) in [5.74, 6) is 1.88. The maximum absolute atomic E-state index is 13.0. The Morgan fingerprint density at radius 2 is 1.05 bits per heavy atom. The van der Waals surface area contributed by atoms with Crippen molar-refractivity contribution in [3.63, 3.8) is 0 Å². The number of aryl methyl sites for hydroxylation is 2. The Hall–Kier alpha value is -7.52. The first-order valence-corrected chi connectivity index (χ1v) is 43.7. The van der Waals surface area contributed by atoms with Gasteiger partial charge in [0, 0.05) is 155 Å². The predicted octanol–water partition coefficient (Wildman–Crippen LogP) is 14.4. The number of halogens is 3. The molecule has 4 saturated heterocycles. The lowest BCUT2D eigenvalue weighted by molar-refractivity contribution is -0.126. The average molecular weight is 1600 g/mol. The van der Waals surface area contributed by atoms with Crippen LogP contribution in [0.15, 0.2) is 104 Å². The molecule has 0 atom stereocenters. The van der Waals surface area contributed by atoms with E-state index in [0.717, 1.165) is 158 Å². The fraction of sp³-hybridized carbons (Fsp3) is 0.560. The lowest BCUT2D eigenvalue weighted by Gasteiger charge is -2.44. The average Bonchev–Trinajstić information content (AvgIpc) is 1.65. The Morgan fingerprint density at radius 3 is 1.50 bits per heavy atom. The number of alkyl halides is 2. The summed E-state index contributed by atoms with van der Waals surface area (Å²) in [4.78, 5) is 78.6. The van der Waals surface area contributed by atoms with Crippen LogP contribution in [-0.2, 0) is 56.3 Å². The minimum Gasteiger partial charge on any atom is -0.463 e. The van der Waals surface area contributed by atoms with Crippen LogP contribution in [-0.4, -0.2) is 248 Å². The third-order valence-corrected chi connectivity index (χ3v) is 29.3. The van der Waals surface area contributed by atoms with Crippen LogP contribution >= 0.6 is 34.8 Å². The minimum absolute atomic E-state index is 0.0152. The van der Waals surface area contributed by atoms with Crippen molar-refractivity contribution in [1.29, 1.82) is 0 Å². The van der Waals surface area contributed by atoms with Crippen molar-refractivity contribution >= 4 is 105 Å². The van der Waals surface area contributed by atoms with Gasteiger partial charge in [0.05, 0.1) is 69.5 Å². The first-order chi connectivity index (χ1) is 53.7. The van der Waals surface area contributed by atoms with Crippen LogP contribution in [0, 0.1) is 13.8 Å². The molecule has 606 valence electrons. The highest BCUT2D eigenvalue weighted by Gasteiger charge is 2.46. The number of carbonyl (C=O) groups excluding carboxylic acids is 3.